The minimum atomic E-state index is -2.62. The molecule has 1 aromatic heterocycles. The van der Waals surface area contributed by atoms with Crippen molar-refractivity contribution in [2.24, 2.45) is 0 Å². The van der Waals surface area contributed by atoms with Gasteiger partial charge in [-0.2, -0.15) is 0 Å². The van der Waals surface area contributed by atoms with Gasteiger partial charge >= 0.3 is 0 Å². The second-order valence-electron chi connectivity index (χ2n) is 3.42. The molecule has 1 aromatic carbocycles. The van der Waals surface area contributed by atoms with Crippen LogP contribution in [0.15, 0.2) is 22.7 Å². The van der Waals surface area contributed by atoms with Crippen molar-refractivity contribution in [1.82, 2.24) is 4.98 Å². The molecule has 0 aliphatic rings. The maximum Gasteiger partial charge on any atom is 0.280 e. The molecule has 1 nitrogen and oxygen atoms in total. The summed E-state index contributed by atoms with van der Waals surface area (Å²) in [6.07, 6.45) is -2.62. The predicted octanol–water partition coefficient (Wildman–Crippen LogP) is 4.90. The van der Waals surface area contributed by atoms with Crippen molar-refractivity contribution in [2.75, 3.05) is 0 Å². The fraction of sp³-hybridized carbons (Fsp3) is 0.182. The highest BCUT2D eigenvalue weighted by Crippen LogP contribution is 2.32. The second-order valence-corrected chi connectivity index (χ2v) is 4.62. The minimum absolute atomic E-state index is 0.293. The topological polar surface area (TPSA) is 12.9 Å². The Morgan fingerprint density at radius 3 is 2.69 bits per heavy atom. The summed E-state index contributed by atoms with van der Waals surface area (Å²) in [6.45, 7) is 1.87. The Kier molecular flexibility index (Phi) is 3.13. The molecule has 1 heterocycles. The number of nitrogens with zero attached hydrogens (tertiary/aromatic N) is 1. The third kappa shape index (κ3) is 1.92. The second kappa shape index (κ2) is 4.26. The summed E-state index contributed by atoms with van der Waals surface area (Å²) in [5, 5.41) is 0.963. The lowest BCUT2D eigenvalue weighted by Gasteiger charge is -2.07. The molecule has 0 aliphatic heterocycles. The average molecular weight is 307 g/mol. The fourth-order valence-electron chi connectivity index (χ4n) is 1.45. The lowest BCUT2D eigenvalue weighted by atomic mass is 10.1. The monoisotopic (exact) mass is 305 g/mol. The van der Waals surface area contributed by atoms with Crippen LogP contribution in [0.25, 0.3) is 10.9 Å². The first-order chi connectivity index (χ1) is 7.50. The molecule has 0 amide bonds. The van der Waals surface area contributed by atoms with E-state index >= 15 is 0 Å². The standard InChI is InChI=1S/C11H7BrClF2N/c1-5-2-3-6-7(13)4-8(11(14)15)16-10(6)9(5)12/h2-4,11H,1H3. The van der Waals surface area contributed by atoms with Gasteiger partial charge in [0.15, 0.2) is 0 Å². The first kappa shape index (κ1) is 11.7. The number of aryl methyl sites for hydroxylation is 1. The highest BCUT2D eigenvalue weighted by atomic mass is 79.9. The number of aromatic nitrogens is 1. The van der Waals surface area contributed by atoms with E-state index in [2.05, 4.69) is 20.9 Å². The van der Waals surface area contributed by atoms with Crippen LogP contribution >= 0.6 is 27.5 Å². The van der Waals surface area contributed by atoms with Gasteiger partial charge in [0.1, 0.15) is 5.69 Å². The summed E-state index contributed by atoms with van der Waals surface area (Å²) in [5.41, 5.74) is 1.11. The molecule has 0 spiro atoms. The maximum atomic E-state index is 12.6. The van der Waals surface area contributed by atoms with Gasteiger partial charge in [0.2, 0.25) is 0 Å². The Labute approximate surface area is 105 Å². The van der Waals surface area contributed by atoms with Crippen LogP contribution in [0, 0.1) is 6.92 Å². The zero-order chi connectivity index (χ0) is 11.9. The maximum absolute atomic E-state index is 12.6. The molecule has 5 heteroatoms. The van der Waals surface area contributed by atoms with Crippen molar-refractivity contribution in [1.29, 1.82) is 0 Å². The van der Waals surface area contributed by atoms with Crippen LogP contribution in [0.1, 0.15) is 17.7 Å². The molecule has 0 radical (unpaired) electrons. The van der Waals surface area contributed by atoms with Gasteiger partial charge in [-0.3, -0.25) is 0 Å². The lowest BCUT2D eigenvalue weighted by molar-refractivity contribution is 0.146. The first-order valence-electron chi connectivity index (χ1n) is 4.54. The number of rotatable bonds is 1. The molecule has 0 atom stereocenters. The lowest BCUT2D eigenvalue weighted by Crippen LogP contribution is -1.93. The van der Waals surface area contributed by atoms with E-state index in [1.807, 2.05) is 13.0 Å². The summed E-state index contributed by atoms with van der Waals surface area (Å²) in [4.78, 5) is 3.91. The number of pyridine rings is 1. The molecule has 16 heavy (non-hydrogen) atoms. The largest absolute Gasteiger partial charge is 0.280 e. The quantitative estimate of drug-likeness (QED) is 0.730. The van der Waals surface area contributed by atoms with E-state index in [1.54, 1.807) is 6.07 Å². The molecular weight excluding hydrogens is 299 g/mol. The van der Waals surface area contributed by atoms with Gasteiger partial charge in [-0.1, -0.05) is 23.7 Å². The molecule has 0 unspecified atom stereocenters. The summed E-state index contributed by atoms with van der Waals surface area (Å²) in [7, 11) is 0. The van der Waals surface area contributed by atoms with E-state index in [9.17, 15) is 8.78 Å². The third-order valence-electron chi connectivity index (χ3n) is 2.31. The van der Waals surface area contributed by atoms with E-state index < -0.39 is 6.43 Å². The van der Waals surface area contributed by atoms with Crippen LogP contribution in [0.5, 0.6) is 0 Å². The van der Waals surface area contributed by atoms with Gasteiger partial charge in [-0.15, -0.1) is 0 Å². The molecule has 0 fully saturated rings. The number of benzene rings is 1. The zero-order valence-corrected chi connectivity index (χ0v) is 10.6. The molecule has 0 bridgehead atoms. The SMILES string of the molecule is Cc1ccc2c(Cl)cc(C(F)F)nc2c1Br. The Morgan fingerprint density at radius 2 is 2.06 bits per heavy atom. The van der Waals surface area contributed by atoms with Crippen molar-refractivity contribution in [3.63, 3.8) is 0 Å². The van der Waals surface area contributed by atoms with E-state index in [0.29, 0.717) is 20.4 Å². The molecule has 2 aromatic rings. The molecule has 0 saturated heterocycles. The van der Waals surface area contributed by atoms with Crippen LogP contribution in [-0.4, -0.2) is 4.98 Å². The average Bonchev–Trinajstić information content (AvgIpc) is 2.23. The van der Waals surface area contributed by atoms with Gasteiger partial charge in [0, 0.05) is 9.86 Å². The van der Waals surface area contributed by atoms with E-state index in [1.165, 1.54) is 6.07 Å². The summed E-state index contributed by atoms with van der Waals surface area (Å²) < 4.78 is 25.8. The molecule has 84 valence electrons. The number of fused-ring (bicyclic) bond motifs is 1. The minimum Gasteiger partial charge on any atom is -0.246 e. The first-order valence-corrected chi connectivity index (χ1v) is 5.71. The number of alkyl halides is 2. The van der Waals surface area contributed by atoms with Crippen molar-refractivity contribution >= 4 is 38.4 Å². The van der Waals surface area contributed by atoms with Gasteiger partial charge in [-0.25, -0.2) is 13.8 Å². The van der Waals surface area contributed by atoms with Crippen LogP contribution in [0.4, 0.5) is 8.78 Å². The normalized spacial score (nSPS) is 11.4. The Morgan fingerprint density at radius 1 is 1.38 bits per heavy atom. The summed E-state index contributed by atoms with van der Waals surface area (Å²) in [5.74, 6) is 0. The fourth-order valence-corrected chi connectivity index (χ4v) is 2.15. The molecule has 2 rings (SSSR count). The summed E-state index contributed by atoms with van der Waals surface area (Å²) in [6, 6.07) is 4.85. The zero-order valence-electron chi connectivity index (χ0n) is 8.27. The molecule has 0 saturated carbocycles. The number of halogens is 4. The number of hydrogen-bond donors (Lipinski definition) is 0. The van der Waals surface area contributed by atoms with Crippen LogP contribution in [-0.2, 0) is 0 Å². The molecule has 0 N–H and O–H groups in total. The van der Waals surface area contributed by atoms with Crippen molar-refractivity contribution in [3.8, 4) is 0 Å². The van der Waals surface area contributed by atoms with Crippen LogP contribution in [0.2, 0.25) is 5.02 Å². The van der Waals surface area contributed by atoms with Crippen LogP contribution in [0.3, 0.4) is 0 Å². The van der Waals surface area contributed by atoms with Crippen LogP contribution < -0.4 is 0 Å². The van der Waals surface area contributed by atoms with E-state index in [0.717, 1.165) is 5.56 Å². The Hall–Kier alpha value is -0.740. The van der Waals surface area contributed by atoms with Gasteiger partial charge in [-0.05, 0) is 34.5 Å². The Balaban J connectivity index is 2.83. The van der Waals surface area contributed by atoms with Gasteiger partial charge in [0.25, 0.3) is 6.43 Å². The van der Waals surface area contributed by atoms with E-state index in [4.69, 9.17) is 11.6 Å². The Bertz CT molecular complexity index is 557. The van der Waals surface area contributed by atoms with Gasteiger partial charge < -0.3 is 0 Å². The van der Waals surface area contributed by atoms with Crippen molar-refractivity contribution in [2.45, 2.75) is 13.3 Å². The molecule has 0 aliphatic carbocycles. The predicted molar refractivity (Wildman–Crippen MR) is 64.1 cm³/mol. The van der Waals surface area contributed by atoms with E-state index in [-0.39, 0.29) is 5.69 Å². The van der Waals surface area contributed by atoms with Crippen molar-refractivity contribution < 1.29 is 8.78 Å². The highest BCUT2D eigenvalue weighted by molar-refractivity contribution is 9.10. The van der Waals surface area contributed by atoms with Gasteiger partial charge in [0.05, 0.1) is 10.5 Å². The summed E-state index contributed by atoms with van der Waals surface area (Å²) >= 11 is 9.27. The highest BCUT2D eigenvalue weighted by Gasteiger charge is 2.14. The number of hydrogen-bond acceptors (Lipinski definition) is 1. The smallest absolute Gasteiger partial charge is 0.246 e. The van der Waals surface area contributed by atoms with Crippen molar-refractivity contribution in [3.05, 3.63) is 39.0 Å². The third-order valence-corrected chi connectivity index (χ3v) is 3.62. The molecular formula is C11H7BrClF2N.